The number of hydrogen-bond acceptors (Lipinski definition) is 4. The molecule has 1 saturated carbocycles. The maximum Gasteiger partial charge on any atom is 0.233 e. The summed E-state index contributed by atoms with van der Waals surface area (Å²) in [5.41, 5.74) is 0.665. The maximum absolute atomic E-state index is 12.7. The van der Waals surface area contributed by atoms with E-state index >= 15 is 0 Å². The molecule has 1 aliphatic heterocycles. The van der Waals surface area contributed by atoms with Crippen molar-refractivity contribution in [2.45, 2.75) is 26.2 Å². The first-order chi connectivity index (χ1) is 13.1. The van der Waals surface area contributed by atoms with Crippen LogP contribution in [0.4, 0.5) is 5.69 Å². The number of allylic oxidation sites excluding steroid dienone is 2. The number of carbonyl (C=O) groups is 3. The predicted octanol–water partition coefficient (Wildman–Crippen LogP) is 2.61. The molecular formula is C21H24N2O4. The van der Waals surface area contributed by atoms with Gasteiger partial charge in [-0.15, -0.1) is 0 Å². The molecule has 0 spiro atoms. The summed E-state index contributed by atoms with van der Waals surface area (Å²) in [5, 5.41) is 2.80. The molecule has 4 atom stereocenters. The number of fused-ring (bicyclic) bond motifs is 1. The molecule has 3 amide bonds. The van der Waals surface area contributed by atoms with Gasteiger partial charge in [0.15, 0.2) is 0 Å². The lowest BCUT2D eigenvalue weighted by molar-refractivity contribution is -0.140. The summed E-state index contributed by atoms with van der Waals surface area (Å²) >= 11 is 0. The average molecular weight is 368 g/mol. The SMILES string of the molecule is CCOc1ccc(NC(=O)CCN2C(=O)[C@H]3[C@H](C2=O)[C@H]2C=C[C@H]3CC2)cc1. The molecule has 0 unspecified atom stereocenters. The van der Waals surface area contributed by atoms with Crippen molar-refractivity contribution in [1.82, 2.24) is 4.90 Å². The van der Waals surface area contributed by atoms with Gasteiger partial charge in [0.2, 0.25) is 17.7 Å². The lowest BCUT2D eigenvalue weighted by atomic mass is 9.63. The molecule has 0 aromatic heterocycles. The average Bonchev–Trinajstić information content (AvgIpc) is 2.95. The predicted molar refractivity (Wildman–Crippen MR) is 99.9 cm³/mol. The minimum Gasteiger partial charge on any atom is -0.494 e. The van der Waals surface area contributed by atoms with E-state index in [-0.39, 0.29) is 54.4 Å². The first kappa shape index (κ1) is 17.8. The van der Waals surface area contributed by atoms with Crippen LogP contribution >= 0.6 is 0 Å². The topological polar surface area (TPSA) is 75.7 Å². The Morgan fingerprint density at radius 2 is 1.67 bits per heavy atom. The molecule has 6 heteroatoms. The van der Waals surface area contributed by atoms with Gasteiger partial charge in [-0.2, -0.15) is 0 Å². The van der Waals surface area contributed by atoms with E-state index in [1.165, 1.54) is 4.90 Å². The first-order valence-electron chi connectivity index (χ1n) is 9.64. The summed E-state index contributed by atoms with van der Waals surface area (Å²) < 4.78 is 5.37. The summed E-state index contributed by atoms with van der Waals surface area (Å²) in [7, 11) is 0. The molecule has 1 N–H and O–H groups in total. The number of carbonyl (C=O) groups excluding carboxylic acids is 3. The molecule has 1 heterocycles. The highest BCUT2D eigenvalue weighted by atomic mass is 16.5. The number of likely N-dealkylation sites (tertiary alicyclic amines) is 1. The van der Waals surface area contributed by atoms with Gasteiger partial charge in [-0.05, 0) is 55.9 Å². The van der Waals surface area contributed by atoms with Gasteiger partial charge in [0.05, 0.1) is 18.4 Å². The molecule has 1 aromatic carbocycles. The van der Waals surface area contributed by atoms with E-state index < -0.39 is 0 Å². The lowest BCUT2D eigenvalue weighted by Gasteiger charge is -2.38. The lowest BCUT2D eigenvalue weighted by Crippen LogP contribution is -2.38. The van der Waals surface area contributed by atoms with E-state index in [1.807, 2.05) is 6.92 Å². The van der Waals surface area contributed by atoms with Crippen molar-refractivity contribution in [1.29, 1.82) is 0 Å². The molecule has 142 valence electrons. The van der Waals surface area contributed by atoms with Gasteiger partial charge < -0.3 is 10.1 Å². The van der Waals surface area contributed by atoms with Crippen LogP contribution in [0.25, 0.3) is 0 Å². The largest absolute Gasteiger partial charge is 0.494 e. The molecule has 2 bridgehead atoms. The zero-order valence-corrected chi connectivity index (χ0v) is 15.4. The molecule has 4 aliphatic rings. The van der Waals surface area contributed by atoms with Gasteiger partial charge in [0.25, 0.3) is 0 Å². The van der Waals surface area contributed by atoms with Crippen molar-refractivity contribution in [3.05, 3.63) is 36.4 Å². The maximum atomic E-state index is 12.7. The van der Waals surface area contributed by atoms with Crippen LogP contribution in [-0.4, -0.2) is 35.8 Å². The number of amides is 3. The fourth-order valence-corrected chi connectivity index (χ4v) is 4.59. The summed E-state index contributed by atoms with van der Waals surface area (Å²) in [5.74, 6) is 0.269. The van der Waals surface area contributed by atoms with Crippen LogP contribution in [0.3, 0.4) is 0 Å². The summed E-state index contributed by atoms with van der Waals surface area (Å²) in [4.78, 5) is 39.0. The van der Waals surface area contributed by atoms with E-state index in [0.29, 0.717) is 12.3 Å². The third kappa shape index (κ3) is 3.24. The number of hydrogen-bond donors (Lipinski definition) is 1. The second-order valence-corrected chi connectivity index (χ2v) is 7.43. The van der Waals surface area contributed by atoms with E-state index in [0.717, 1.165) is 18.6 Å². The number of benzene rings is 1. The third-order valence-electron chi connectivity index (χ3n) is 5.86. The minimum atomic E-state index is -0.213. The van der Waals surface area contributed by atoms with Gasteiger partial charge in [0.1, 0.15) is 5.75 Å². The van der Waals surface area contributed by atoms with Crippen molar-refractivity contribution >= 4 is 23.4 Å². The Morgan fingerprint density at radius 3 is 2.19 bits per heavy atom. The fourth-order valence-electron chi connectivity index (χ4n) is 4.59. The van der Waals surface area contributed by atoms with Gasteiger partial charge in [0, 0.05) is 18.7 Å². The summed E-state index contributed by atoms with van der Waals surface area (Å²) in [6.45, 7) is 2.64. The normalized spacial score (nSPS) is 28.4. The van der Waals surface area contributed by atoms with Gasteiger partial charge in [-0.25, -0.2) is 0 Å². The Labute approximate surface area is 158 Å². The third-order valence-corrected chi connectivity index (χ3v) is 5.86. The summed E-state index contributed by atoms with van der Waals surface area (Å²) in [6, 6.07) is 7.13. The number of imide groups is 1. The first-order valence-corrected chi connectivity index (χ1v) is 9.64. The molecule has 6 nitrogen and oxygen atoms in total. The standard InChI is InChI=1S/C21H24N2O4/c1-2-27-16-9-7-15(8-10-16)22-17(24)11-12-23-20(25)18-13-3-4-14(6-5-13)19(18)21(23)26/h3-4,7-10,13-14,18-19H,2,5-6,11-12H2,1H3,(H,22,24)/t13-,14-,18+,19+/m0/s1. The van der Waals surface area contributed by atoms with Crippen molar-refractivity contribution in [2.24, 2.45) is 23.7 Å². The Morgan fingerprint density at radius 1 is 1.07 bits per heavy atom. The molecule has 1 saturated heterocycles. The number of ether oxygens (including phenoxy) is 1. The van der Waals surface area contributed by atoms with Crippen LogP contribution in [0.15, 0.2) is 36.4 Å². The molecular weight excluding hydrogens is 344 g/mol. The Bertz CT molecular complexity index is 754. The molecule has 2 fully saturated rings. The van der Waals surface area contributed by atoms with Crippen LogP contribution in [0.1, 0.15) is 26.2 Å². The van der Waals surface area contributed by atoms with E-state index in [2.05, 4.69) is 17.5 Å². The van der Waals surface area contributed by atoms with Crippen molar-refractivity contribution in [3.8, 4) is 5.75 Å². The van der Waals surface area contributed by atoms with Crippen molar-refractivity contribution in [3.63, 3.8) is 0 Å². The van der Waals surface area contributed by atoms with Gasteiger partial charge in [-0.3, -0.25) is 19.3 Å². The van der Waals surface area contributed by atoms with Crippen LogP contribution in [0, 0.1) is 23.7 Å². The van der Waals surface area contributed by atoms with E-state index in [4.69, 9.17) is 4.74 Å². The Hall–Kier alpha value is -2.63. The molecule has 3 aliphatic carbocycles. The van der Waals surface area contributed by atoms with Crippen LogP contribution < -0.4 is 10.1 Å². The second kappa shape index (κ2) is 7.18. The summed E-state index contributed by atoms with van der Waals surface area (Å²) in [6.07, 6.45) is 6.26. The quantitative estimate of drug-likeness (QED) is 0.619. The molecule has 0 radical (unpaired) electrons. The van der Waals surface area contributed by atoms with Crippen LogP contribution in [0.5, 0.6) is 5.75 Å². The molecule has 1 aromatic rings. The zero-order chi connectivity index (χ0) is 19.0. The second-order valence-electron chi connectivity index (χ2n) is 7.43. The van der Waals surface area contributed by atoms with Gasteiger partial charge in [-0.1, -0.05) is 12.2 Å². The number of nitrogens with one attached hydrogen (secondary N) is 1. The highest BCUT2D eigenvalue weighted by molar-refractivity contribution is 6.06. The van der Waals surface area contributed by atoms with Gasteiger partial charge >= 0.3 is 0 Å². The zero-order valence-electron chi connectivity index (χ0n) is 15.4. The van der Waals surface area contributed by atoms with Crippen LogP contribution in [-0.2, 0) is 14.4 Å². The van der Waals surface area contributed by atoms with Crippen molar-refractivity contribution < 1.29 is 19.1 Å². The highest BCUT2D eigenvalue weighted by Crippen LogP contribution is 2.49. The Balaban J connectivity index is 1.34. The number of anilines is 1. The van der Waals surface area contributed by atoms with E-state index in [9.17, 15) is 14.4 Å². The highest BCUT2D eigenvalue weighted by Gasteiger charge is 2.56. The number of rotatable bonds is 6. The molecule has 27 heavy (non-hydrogen) atoms. The Kier molecular flexibility index (Phi) is 4.72. The fraction of sp³-hybridized carbons (Fsp3) is 0.476. The monoisotopic (exact) mass is 368 g/mol. The van der Waals surface area contributed by atoms with E-state index in [1.54, 1.807) is 24.3 Å². The molecule has 5 rings (SSSR count). The van der Waals surface area contributed by atoms with Crippen molar-refractivity contribution in [2.75, 3.05) is 18.5 Å². The number of nitrogens with zero attached hydrogens (tertiary/aromatic N) is 1. The minimum absolute atomic E-state index is 0.0992. The van der Waals surface area contributed by atoms with Crippen LogP contribution in [0.2, 0.25) is 0 Å². The smallest absolute Gasteiger partial charge is 0.233 e.